The molecule has 94 valence electrons. The molecule has 19 heavy (non-hydrogen) atoms. The molecule has 3 heteroatoms. The summed E-state index contributed by atoms with van der Waals surface area (Å²) in [4.78, 5) is 4.72. The summed E-state index contributed by atoms with van der Waals surface area (Å²) in [7, 11) is 0. The molecule has 4 rings (SSSR count). The SMILES string of the molecule is c1ccc2c(-c3csc(NC4CC4)n3)cccc2c1. The van der Waals surface area contributed by atoms with Crippen LogP contribution in [0.3, 0.4) is 0 Å². The largest absolute Gasteiger partial charge is 0.359 e. The van der Waals surface area contributed by atoms with Gasteiger partial charge in [0.1, 0.15) is 0 Å². The number of benzene rings is 2. The van der Waals surface area contributed by atoms with E-state index < -0.39 is 0 Å². The monoisotopic (exact) mass is 266 g/mol. The molecule has 0 bridgehead atoms. The molecular weight excluding hydrogens is 252 g/mol. The first-order valence-corrected chi connectivity index (χ1v) is 7.48. The fourth-order valence-electron chi connectivity index (χ4n) is 2.31. The van der Waals surface area contributed by atoms with E-state index in [1.165, 1.54) is 29.2 Å². The highest BCUT2D eigenvalue weighted by Gasteiger charge is 2.22. The fourth-order valence-corrected chi connectivity index (χ4v) is 3.10. The first-order chi connectivity index (χ1) is 9.40. The van der Waals surface area contributed by atoms with Crippen LogP contribution in [0.25, 0.3) is 22.0 Å². The average molecular weight is 266 g/mol. The Morgan fingerprint density at radius 1 is 1.05 bits per heavy atom. The predicted molar refractivity (Wildman–Crippen MR) is 81.7 cm³/mol. The number of nitrogens with one attached hydrogen (secondary N) is 1. The molecule has 0 atom stereocenters. The summed E-state index contributed by atoms with van der Waals surface area (Å²) in [5, 5.41) is 9.19. The van der Waals surface area contributed by atoms with Crippen LogP contribution >= 0.6 is 11.3 Å². The van der Waals surface area contributed by atoms with E-state index in [2.05, 4.69) is 53.2 Å². The van der Waals surface area contributed by atoms with Gasteiger partial charge in [0.25, 0.3) is 0 Å². The van der Waals surface area contributed by atoms with Crippen LogP contribution in [-0.4, -0.2) is 11.0 Å². The lowest BCUT2D eigenvalue weighted by Gasteiger charge is -2.03. The van der Waals surface area contributed by atoms with E-state index in [0.29, 0.717) is 6.04 Å². The molecule has 0 aliphatic heterocycles. The van der Waals surface area contributed by atoms with E-state index in [1.54, 1.807) is 11.3 Å². The highest BCUT2D eigenvalue weighted by Crippen LogP contribution is 2.32. The molecule has 0 saturated heterocycles. The highest BCUT2D eigenvalue weighted by atomic mass is 32.1. The van der Waals surface area contributed by atoms with Gasteiger partial charge in [-0.1, -0.05) is 42.5 Å². The van der Waals surface area contributed by atoms with Crippen LogP contribution < -0.4 is 5.32 Å². The van der Waals surface area contributed by atoms with E-state index in [9.17, 15) is 0 Å². The zero-order valence-electron chi connectivity index (χ0n) is 10.5. The standard InChI is InChI=1S/C16H14N2S/c1-2-6-13-11(4-1)5-3-7-14(13)15-10-19-16(18-15)17-12-8-9-12/h1-7,10,12H,8-9H2,(H,17,18). The van der Waals surface area contributed by atoms with Crippen molar-refractivity contribution in [2.45, 2.75) is 18.9 Å². The van der Waals surface area contributed by atoms with Gasteiger partial charge in [0, 0.05) is 17.0 Å². The van der Waals surface area contributed by atoms with Gasteiger partial charge >= 0.3 is 0 Å². The lowest BCUT2D eigenvalue weighted by molar-refractivity contribution is 1.14. The van der Waals surface area contributed by atoms with Gasteiger partial charge in [0.15, 0.2) is 5.13 Å². The van der Waals surface area contributed by atoms with Crippen LogP contribution in [0, 0.1) is 0 Å². The van der Waals surface area contributed by atoms with Crippen molar-refractivity contribution in [2.24, 2.45) is 0 Å². The van der Waals surface area contributed by atoms with Gasteiger partial charge in [-0.05, 0) is 23.6 Å². The number of hydrogen-bond donors (Lipinski definition) is 1. The Morgan fingerprint density at radius 2 is 1.89 bits per heavy atom. The summed E-state index contributed by atoms with van der Waals surface area (Å²) in [6.07, 6.45) is 2.56. The molecule has 1 heterocycles. The number of thiazole rings is 1. The molecular formula is C16H14N2S. The normalized spacial score (nSPS) is 14.7. The molecule has 1 fully saturated rings. The lowest BCUT2D eigenvalue weighted by atomic mass is 10.0. The number of fused-ring (bicyclic) bond motifs is 1. The maximum atomic E-state index is 4.72. The molecule has 0 amide bonds. The van der Waals surface area contributed by atoms with Crippen molar-refractivity contribution in [3.8, 4) is 11.3 Å². The number of hydrogen-bond acceptors (Lipinski definition) is 3. The lowest BCUT2D eigenvalue weighted by Crippen LogP contribution is -1.99. The van der Waals surface area contributed by atoms with Crippen LogP contribution in [-0.2, 0) is 0 Å². The Bertz CT molecular complexity index is 723. The predicted octanol–water partition coefficient (Wildman–Crippen LogP) is 4.54. The first-order valence-electron chi connectivity index (χ1n) is 6.60. The summed E-state index contributed by atoms with van der Waals surface area (Å²) in [5.74, 6) is 0. The number of nitrogens with zero attached hydrogens (tertiary/aromatic N) is 1. The Balaban J connectivity index is 1.78. The Kier molecular flexibility index (Phi) is 2.52. The summed E-state index contributed by atoms with van der Waals surface area (Å²) >= 11 is 1.70. The van der Waals surface area contributed by atoms with Gasteiger partial charge in [0.05, 0.1) is 5.69 Å². The van der Waals surface area contributed by atoms with E-state index >= 15 is 0 Å². The van der Waals surface area contributed by atoms with Gasteiger partial charge in [-0.2, -0.15) is 0 Å². The van der Waals surface area contributed by atoms with Gasteiger partial charge in [0.2, 0.25) is 0 Å². The van der Waals surface area contributed by atoms with Crippen LogP contribution in [0.1, 0.15) is 12.8 Å². The summed E-state index contributed by atoms with van der Waals surface area (Å²) in [6, 6.07) is 15.5. The van der Waals surface area contributed by atoms with Crippen molar-refractivity contribution >= 4 is 27.2 Å². The average Bonchev–Trinajstić information content (AvgIpc) is 3.14. The number of rotatable bonds is 3. The smallest absolute Gasteiger partial charge is 0.183 e. The maximum Gasteiger partial charge on any atom is 0.183 e. The molecule has 0 spiro atoms. The topological polar surface area (TPSA) is 24.9 Å². The van der Waals surface area contributed by atoms with Crippen molar-refractivity contribution in [2.75, 3.05) is 5.32 Å². The molecule has 1 saturated carbocycles. The van der Waals surface area contributed by atoms with Gasteiger partial charge < -0.3 is 5.32 Å². The number of anilines is 1. The Morgan fingerprint density at radius 3 is 2.79 bits per heavy atom. The van der Waals surface area contributed by atoms with E-state index in [-0.39, 0.29) is 0 Å². The molecule has 2 nitrogen and oxygen atoms in total. The van der Waals surface area contributed by atoms with E-state index in [1.807, 2.05) is 0 Å². The Labute approximate surface area is 116 Å². The molecule has 2 aromatic carbocycles. The van der Waals surface area contributed by atoms with Crippen LogP contribution in [0.15, 0.2) is 47.8 Å². The quantitative estimate of drug-likeness (QED) is 0.753. The maximum absolute atomic E-state index is 4.72. The number of aromatic nitrogens is 1. The summed E-state index contributed by atoms with van der Waals surface area (Å²) < 4.78 is 0. The molecule has 1 aromatic heterocycles. The molecule has 1 N–H and O–H groups in total. The highest BCUT2D eigenvalue weighted by molar-refractivity contribution is 7.14. The minimum absolute atomic E-state index is 0.659. The minimum atomic E-state index is 0.659. The second kappa shape index (κ2) is 4.35. The zero-order valence-corrected chi connectivity index (χ0v) is 11.3. The van der Waals surface area contributed by atoms with Gasteiger partial charge in [-0.15, -0.1) is 11.3 Å². The van der Waals surface area contributed by atoms with Crippen LogP contribution in [0.4, 0.5) is 5.13 Å². The summed E-state index contributed by atoms with van der Waals surface area (Å²) in [5.41, 5.74) is 2.29. The second-order valence-electron chi connectivity index (χ2n) is 4.98. The third-order valence-corrected chi connectivity index (χ3v) is 4.25. The van der Waals surface area contributed by atoms with Crippen molar-refractivity contribution in [1.29, 1.82) is 0 Å². The van der Waals surface area contributed by atoms with Crippen LogP contribution in [0.5, 0.6) is 0 Å². The van der Waals surface area contributed by atoms with Crippen LogP contribution in [0.2, 0.25) is 0 Å². The van der Waals surface area contributed by atoms with Crippen molar-refractivity contribution in [3.63, 3.8) is 0 Å². The van der Waals surface area contributed by atoms with Gasteiger partial charge in [-0.25, -0.2) is 4.98 Å². The van der Waals surface area contributed by atoms with Crippen molar-refractivity contribution < 1.29 is 0 Å². The second-order valence-corrected chi connectivity index (χ2v) is 5.84. The molecule has 1 aliphatic carbocycles. The third-order valence-electron chi connectivity index (χ3n) is 3.47. The molecule has 1 aliphatic rings. The first kappa shape index (κ1) is 11.0. The Hall–Kier alpha value is -1.87. The van der Waals surface area contributed by atoms with E-state index in [0.717, 1.165) is 10.8 Å². The van der Waals surface area contributed by atoms with Crippen molar-refractivity contribution in [3.05, 3.63) is 47.8 Å². The van der Waals surface area contributed by atoms with Crippen molar-refractivity contribution in [1.82, 2.24) is 4.98 Å². The summed E-state index contributed by atoms with van der Waals surface area (Å²) in [6.45, 7) is 0. The van der Waals surface area contributed by atoms with Gasteiger partial charge in [-0.3, -0.25) is 0 Å². The molecule has 0 radical (unpaired) electrons. The fraction of sp³-hybridized carbons (Fsp3) is 0.188. The van der Waals surface area contributed by atoms with E-state index in [4.69, 9.17) is 4.98 Å². The third kappa shape index (κ3) is 2.10. The zero-order chi connectivity index (χ0) is 12.7. The minimum Gasteiger partial charge on any atom is -0.359 e. The molecule has 0 unspecified atom stereocenters. The molecule has 3 aromatic rings.